The maximum atomic E-state index is 13.7. The Bertz CT molecular complexity index is 1460. The normalized spacial score (nSPS) is 10.6. The zero-order chi connectivity index (χ0) is 23.3. The molecule has 7 heteroatoms. The number of amides is 1. The maximum Gasteiger partial charge on any atom is 0.255 e. The van der Waals surface area contributed by atoms with Gasteiger partial charge in [-0.05, 0) is 72.8 Å². The molecule has 0 aliphatic rings. The van der Waals surface area contributed by atoms with Crippen molar-refractivity contribution in [1.29, 1.82) is 0 Å². The lowest BCUT2D eigenvalue weighted by Gasteiger charge is -2.11. The standard InChI is InChI=1S/C27H20FN5O/c28-19-15-24-25(30-17-19)5-2-6-26(24)32-20-9-7-18(8-10-20)27(34)33-23-4-1-3-22(16-23)31-21-11-13-29-14-12-21/h1-17,32H,(H,29,31)(H,33,34). The largest absolute Gasteiger partial charge is 0.355 e. The number of aromatic nitrogens is 2. The van der Waals surface area contributed by atoms with Crippen LogP contribution in [0.4, 0.5) is 32.8 Å². The first-order valence-corrected chi connectivity index (χ1v) is 10.6. The van der Waals surface area contributed by atoms with Gasteiger partial charge in [-0.2, -0.15) is 0 Å². The summed E-state index contributed by atoms with van der Waals surface area (Å²) in [6, 6.07) is 25.3. The molecular weight excluding hydrogens is 429 g/mol. The van der Waals surface area contributed by atoms with E-state index >= 15 is 0 Å². The number of fused-ring (bicyclic) bond motifs is 1. The molecule has 0 saturated heterocycles. The molecule has 166 valence electrons. The van der Waals surface area contributed by atoms with Crippen LogP contribution in [0.5, 0.6) is 0 Å². The fourth-order valence-corrected chi connectivity index (χ4v) is 3.57. The van der Waals surface area contributed by atoms with Gasteiger partial charge >= 0.3 is 0 Å². The molecule has 0 radical (unpaired) electrons. The highest BCUT2D eigenvalue weighted by Crippen LogP contribution is 2.26. The van der Waals surface area contributed by atoms with Crippen LogP contribution in [0, 0.1) is 5.82 Å². The third-order valence-corrected chi connectivity index (χ3v) is 5.21. The average molecular weight is 449 g/mol. The third-order valence-electron chi connectivity index (χ3n) is 5.21. The molecule has 1 amide bonds. The molecule has 2 heterocycles. The third kappa shape index (κ3) is 4.83. The summed E-state index contributed by atoms with van der Waals surface area (Å²) in [6.45, 7) is 0. The first-order chi connectivity index (χ1) is 16.6. The van der Waals surface area contributed by atoms with E-state index in [1.165, 1.54) is 12.3 Å². The number of carbonyl (C=O) groups is 1. The minimum atomic E-state index is -0.395. The number of carbonyl (C=O) groups excluding carboxylic acids is 1. The van der Waals surface area contributed by atoms with Gasteiger partial charge in [0, 0.05) is 51.8 Å². The average Bonchev–Trinajstić information content (AvgIpc) is 2.86. The summed E-state index contributed by atoms with van der Waals surface area (Å²) in [5.41, 5.74) is 5.16. The second-order valence-corrected chi connectivity index (χ2v) is 7.62. The molecule has 0 fully saturated rings. The van der Waals surface area contributed by atoms with Crippen molar-refractivity contribution in [1.82, 2.24) is 9.97 Å². The highest BCUT2D eigenvalue weighted by atomic mass is 19.1. The van der Waals surface area contributed by atoms with Crippen LogP contribution in [-0.4, -0.2) is 15.9 Å². The van der Waals surface area contributed by atoms with Gasteiger partial charge in [0.2, 0.25) is 0 Å². The molecule has 6 nitrogen and oxygen atoms in total. The first kappa shape index (κ1) is 21.1. The summed E-state index contributed by atoms with van der Waals surface area (Å²) in [4.78, 5) is 20.9. The van der Waals surface area contributed by atoms with Crippen LogP contribution in [0.25, 0.3) is 10.9 Å². The van der Waals surface area contributed by atoms with Crippen LogP contribution in [0.1, 0.15) is 10.4 Å². The molecule has 2 aromatic heterocycles. The van der Waals surface area contributed by atoms with Crippen molar-refractivity contribution in [2.45, 2.75) is 0 Å². The number of benzene rings is 3. The van der Waals surface area contributed by atoms with Gasteiger partial charge in [-0.15, -0.1) is 0 Å². The Morgan fingerprint density at radius 1 is 0.735 bits per heavy atom. The summed E-state index contributed by atoms with van der Waals surface area (Å²) >= 11 is 0. The lowest BCUT2D eigenvalue weighted by molar-refractivity contribution is 0.102. The lowest BCUT2D eigenvalue weighted by Crippen LogP contribution is -2.11. The fourth-order valence-electron chi connectivity index (χ4n) is 3.57. The summed E-state index contributed by atoms with van der Waals surface area (Å²) in [5, 5.41) is 10.2. The van der Waals surface area contributed by atoms with Gasteiger partial charge in [-0.3, -0.25) is 14.8 Å². The Kier molecular flexibility index (Phi) is 5.82. The molecule has 3 aromatic carbocycles. The molecule has 0 saturated carbocycles. The van der Waals surface area contributed by atoms with Crippen molar-refractivity contribution in [3.8, 4) is 0 Å². The Balaban J connectivity index is 1.27. The second kappa shape index (κ2) is 9.38. The van der Waals surface area contributed by atoms with Crippen LogP contribution in [-0.2, 0) is 0 Å². The van der Waals surface area contributed by atoms with Gasteiger partial charge in [0.15, 0.2) is 0 Å². The van der Waals surface area contributed by atoms with Gasteiger partial charge in [-0.1, -0.05) is 12.1 Å². The first-order valence-electron chi connectivity index (χ1n) is 10.6. The summed E-state index contributed by atoms with van der Waals surface area (Å²) in [5.74, 6) is -0.613. The Morgan fingerprint density at radius 3 is 2.29 bits per heavy atom. The predicted octanol–water partition coefficient (Wildman–Crippen LogP) is 6.51. The van der Waals surface area contributed by atoms with Crippen LogP contribution >= 0.6 is 0 Å². The molecular formula is C27H20FN5O. The van der Waals surface area contributed by atoms with Gasteiger partial charge in [-0.25, -0.2) is 4.39 Å². The molecule has 0 atom stereocenters. The summed E-state index contributed by atoms with van der Waals surface area (Å²) < 4.78 is 13.7. The number of nitrogens with one attached hydrogen (secondary N) is 3. The Morgan fingerprint density at radius 2 is 1.47 bits per heavy atom. The predicted molar refractivity (Wildman–Crippen MR) is 133 cm³/mol. The van der Waals surface area contributed by atoms with E-state index in [2.05, 4.69) is 25.9 Å². The number of anilines is 5. The van der Waals surface area contributed by atoms with E-state index < -0.39 is 5.82 Å². The summed E-state index contributed by atoms with van der Waals surface area (Å²) in [7, 11) is 0. The lowest BCUT2D eigenvalue weighted by atomic mass is 10.1. The molecule has 0 aliphatic carbocycles. The molecule has 34 heavy (non-hydrogen) atoms. The quantitative estimate of drug-likeness (QED) is 0.275. The SMILES string of the molecule is O=C(Nc1cccc(Nc2ccncc2)c1)c1ccc(Nc2cccc3ncc(F)cc23)cc1. The molecule has 0 aliphatic heterocycles. The van der Waals surface area contributed by atoms with Gasteiger partial charge in [0.1, 0.15) is 5.82 Å². The van der Waals surface area contributed by atoms with Gasteiger partial charge in [0.25, 0.3) is 5.91 Å². The fraction of sp³-hybridized carbons (Fsp3) is 0. The van der Waals surface area contributed by atoms with Gasteiger partial charge < -0.3 is 16.0 Å². The highest BCUT2D eigenvalue weighted by Gasteiger charge is 2.08. The van der Waals surface area contributed by atoms with E-state index in [1.807, 2.05) is 66.7 Å². The minimum absolute atomic E-state index is 0.218. The van der Waals surface area contributed by atoms with Crippen molar-refractivity contribution in [3.63, 3.8) is 0 Å². The van der Waals surface area contributed by atoms with E-state index in [9.17, 15) is 9.18 Å². The number of rotatable bonds is 6. The topological polar surface area (TPSA) is 78.9 Å². The van der Waals surface area contributed by atoms with Crippen molar-refractivity contribution in [3.05, 3.63) is 115 Å². The van der Waals surface area contributed by atoms with Crippen LogP contribution < -0.4 is 16.0 Å². The Hall–Kier alpha value is -4.78. The molecule has 5 aromatic rings. The zero-order valence-electron chi connectivity index (χ0n) is 18.0. The van der Waals surface area contributed by atoms with E-state index in [0.29, 0.717) is 22.2 Å². The van der Waals surface area contributed by atoms with Crippen molar-refractivity contribution in [2.24, 2.45) is 0 Å². The minimum Gasteiger partial charge on any atom is -0.355 e. The van der Waals surface area contributed by atoms with E-state index in [4.69, 9.17) is 0 Å². The smallest absolute Gasteiger partial charge is 0.255 e. The van der Waals surface area contributed by atoms with E-state index in [1.54, 1.807) is 24.5 Å². The zero-order valence-corrected chi connectivity index (χ0v) is 18.0. The van der Waals surface area contributed by atoms with Crippen LogP contribution in [0.2, 0.25) is 0 Å². The van der Waals surface area contributed by atoms with Crippen molar-refractivity contribution in [2.75, 3.05) is 16.0 Å². The van der Waals surface area contributed by atoms with E-state index in [-0.39, 0.29) is 5.91 Å². The molecule has 0 spiro atoms. The van der Waals surface area contributed by atoms with Crippen LogP contribution in [0.3, 0.4) is 0 Å². The van der Waals surface area contributed by atoms with Gasteiger partial charge in [0.05, 0.1) is 11.7 Å². The number of hydrogen-bond acceptors (Lipinski definition) is 5. The molecule has 0 unspecified atom stereocenters. The summed E-state index contributed by atoms with van der Waals surface area (Å²) in [6.07, 6.45) is 4.62. The number of halogens is 1. The molecule has 3 N–H and O–H groups in total. The Labute approximate surface area is 195 Å². The van der Waals surface area contributed by atoms with Crippen molar-refractivity contribution >= 4 is 45.2 Å². The maximum absolute atomic E-state index is 13.7. The van der Waals surface area contributed by atoms with Crippen LogP contribution in [0.15, 0.2) is 104 Å². The monoisotopic (exact) mass is 449 g/mol. The molecule has 5 rings (SSSR count). The number of nitrogens with zero attached hydrogens (tertiary/aromatic N) is 2. The highest BCUT2D eigenvalue weighted by molar-refractivity contribution is 6.04. The molecule has 0 bridgehead atoms. The van der Waals surface area contributed by atoms with E-state index in [0.717, 1.165) is 22.7 Å². The van der Waals surface area contributed by atoms with Crippen molar-refractivity contribution < 1.29 is 9.18 Å². The number of pyridine rings is 2. The second-order valence-electron chi connectivity index (χ2n) is 7.62. The number of hydrogen-bond donors (Lipinski definition) is 3.